The molecule has 178 valence electrons. The second-order valence-corrected chi connectivity index (χ2v) is 9.71. The van der Waals surface area contributed by atoms with Crippen molar-refractivity contribution in [1.29, 1.82) is 0 Å². The Bertz CT molecular complexity index is 1130. The smallest absolute Gasteiger partial charge is 0.365 e. The summed E-state index contributed by atoms with van der Waals surface area (Å²) in [7, 11) is 0. The maximum absolute atomic E-state index is 13.9. The number of nitrogens with zero attached hydrogens (tertiary/aromatic N) is 4. The first-order valence-corrected chi connectivity index (χ1v) is 11.7. The van der Waals surface area contributed by atoms with Crippen molar-refractivity contribution in [3.8, 4) is 11.3 Å². The molecule has 2 aliphatic rings. The first-order chi connectivity index (χ1) is 16.2. The van der Waals surface area contributed by atoms with E-state index < -0.39 is 11.7 Å². The van der Waals surface area contributed by atoms with Gasteiger partial charge in [0.1, 0.15) is 5.56 Å². The Kier molecular flexibility index (Phi) is 6.02. The summed E-state index contributed by atoms with van der Waals surface area (Å²) in [6, 6.07) is 12.7. The molecule has 1 aliphatic heterocycles. The highest BCUT2D eigenvalue weighted by atomic mass is 19.4. The lowest BCUT2D eigenvalue weighted by molar-refractivity contribution is -0.137. The SMILES string of the molecule is Cc1cc(C)cc(-c2cc(C(F)(F)F)c(NC3CC4CN(Cc5ccccn5)CC4C3)nn2)c1. The third-order valence-corrected chi connectivity index (χ3v) is 6.90. The summed E-state index contributed by atoms with van der Waals surface area (Å²) < 4.78 is 41.8. The van der Waals surface area contributed by atoms with E-state index in [2.05, 4.69) is 25.4 Å². The Labute approximate surface area is 197 Å². The van der Waals surface area contributed by atoms with Gasteiger partial charge in [-0.1, -0.05) is 23.3 Å². The van der Waals surface area contributed by atoms with Gasteiger partial charge in [0.05, 0.1) is 11.4 Å². The topological polar surface area (TPSA) is 53.9 Å². The molecule has 1 saturated carbocycles. The van der Waals surface area contributed by atoms with Crippen molar-refractivity contribution in [2.75, 3.05) is 18.4 Å². The lowest BCUT2D eigenvalue weighted by Gasteiger charge is -2.21. The van der Waals surface area contributed by atoms with Gasteiger partial charge in [0, 0.05) is 37.4 Å². The standard InChI is InChI=1S/C26H28F3N5/c1-16-7-17(2)9-18(8-16)24-12-23(26(27,28)29)25(33-32-24)31-22-10-19-13-34(14-20(19)11-22)15-21-5-3-4-6-30-21/h3-9,12,19-20,22H,10-11,13-15H2,1-2H3,(H,31,33). The summed E-state index contributed by atoms with van der Waals surface area (Å²) in [5.41, 5.74) is 3.12. The summed E-state index contributed by atoms with van der Waals surface area (Å²) in [6.45, 7) is 6.54. The minimum absolute atomic E-state index is 0.0329. The van der Waals surface area contributed by atoms with Crippen LogP contribution in [0.25, 0.3) is 11.3 Å². The maximum Gasteiger partial charge on any atom is 0.420 e. The van der Waals surface area contributed by atoms with Crippen molar-refractivity contribution in [2.24, 2.45) is 11.8 Å². The quantitative estimate of drug-likeness (QED) is 0.537. The first-order valence-electron chi connectivity index (χ1n) is 11.7. The Hall–Kier alpha value is -3.00. The van der Waals surface area contributed by atoms with Crippen molar-refractivity contribution < 1.29 is 13.2 Å². The number of halogens is 3. The van der Waals surface area contributed by atoms with E-state index in [-0.39, 0.29) is 17.6 Å². The van der Waals surface area contributed by atoms with Gasteiger partial charge in [-0.15, -0.1) is 10.2 Å². The van der Waals surface area contributed by atoms with Gasteiger partial charge in [-0.25, -0.2) is 0 Å². The minimum Gasteiger partial charge on any atom is -0.365 e. The molecule has 0 radical (unpaired) electrons. The van der Waals surface area contributed by atoms with Crippen LogP contribution in [-0.2, 0) is 12.7 Å². The minimum atomic E-state index is -4.51. The molecule has 0 spiro atoms. The highest BCUT2D eigenvalue weighted by Crippen LogP contribution is 2.41. The van der Waals surface area contributed by atoms with Crippen LogP contribution in [0, 0.1) is 25.7 Å². The largest absolute Gasteiger partial charge is 0.420 e. The second kappa shape index (κ2) is 8.98. The molecule has 3 heterocycles. The van der Waals surface area contributed by atoms with Crippen molar-refractivity contribution >= 4 is 5.82 Å². The number of nitrogens with one attached hydrogen (secondary N) is 1. The van der Waals surface area contributed by atoms with E-state index in [1.54, 1.807) is 6.20 Å². The number of aromatic nitrogens is 3. The van der Waals surface area contributed by atoms with E-state index in [0.717, 1.165) is 55.4 Å². The van der Waals surface area contributed by atoms with E-state index in [0.29, 0.717) is 17.4 Å². The summed E-state index contributed by atoms with van der Waals surface area (Å²) >= 11 is 0. The van der Waals surface area contributed by atoms with Crippen molar-refractivity contribution in [3.63, 3.8) is 0 Å². The molecular weight excluding hydrogens is 439 g/mol. The fraction of sp³-hybridized carbons (Fsp3) is 0.423. The fourth-order valence-electron chi connectivity index (χ4n) is 5.54. The highest BCUT2D eigenvalue weighted by Gasteiger charge is 2.42. The van der Waals surface area contributed by atoms with E-state index in [9.17, 15) is 13.2 Å². The van der Waals surface area contributed by atoms with Gasteiger partial charge in [-0.05, 0) is 68.9 Å². The van der Waals surface area contributed by atoms with Crippen LogP contribution in [0.3, 0.4) is 0 Å². The number of likely N-dealkylation sites (tertiary alicyclic amines) is 1. The van der Waals surface area contributed by atoms with Crippen molar-refractivity contribution in [2.45, 2.75) is 45.5 Å². The lowest BCUT2D eigenvalue weighted by Crippen LogP contribution is -2.26. The predicted octanol–water partition coefficient (Wildman–Crippen LogP) is 5.50. The van der Waals surface area contributed by atoms with Gasteiger partial charge in [-0.3, -0.25) is 9.88 Å². The molecule has 0 amide bonds. The normalized spacial score (nSPS) is 22.7. The zero-order valence-electron chi connectivity index (χ0n) is 19.3. The zero-order chi connectivity index (χ0) is 23.9. The monoisotopic (exact) mass is 467 g/mol. The molecule has 1 aliphatic carbocycles. The molecule has 1 aromatic carbocycles. The number of hydrogen-bond acceptors (Lipinski definition) is 5. The van der Waals surface area contributed by atoms with Gasteiger partial charge >= 0.3 is 6.18 Å². The summed E-state index contributed by atoms with van der Waals surface area (Å²) in [6.07, 6.45) is -1.04. The lowest BCUT2D eigenvalue weighted by atomic mass is 10.0. The maximum atomic E-state index is 13.9. The molecule has 5 rings (SSSR count). The molecular formula is C26H28F3N5. The predicted molar refractivity (Wildman–Crippen MR) is 125 cm³/mol. The van der Waals surface area contributed by atoms with Gasteiger partial charge in [0.15, 0.2) is 5.82 Å². The third-order valence-electron chi connectivity index (χ3n) is 6.90. The molecule has 5 nitrogen and oxygen atoms in total. The molecule has 2 aromatic heterocycles. The van der Waals surface area contributed by atoms with Crippen LogP contribution < -0.4 is 5.32 Å². The van der Waals surface area contributed by atoms with E-state index >= 15 is 0 Å². The number of aryl methyl sites for hydroxylation is 2. The number of benzene rings is 1. The number of hydrogen-bond donors (Lipinski definition) is 1. The van der Waals surface area contributed by atoms with Gasteiger partial charge in [0.2, 0.25) is 0 Å². The van der Waals surface area contributed by atoms with Gasteiger partial charge in [-0.2, -0.15) is 13.2 Å². The molecule has 1 saturated heterocycles. The Morgan fingerprint density at radius 2 is 1.68 bits per heavy atom. The Balaban J connectivity index is 1.29. The first kappa shape index (κ1) is 22.8. The summed E-state index contributed by atoms with van der Waals surface area (Å²) in [5.74, 6) is 0.770. The molecule has 34 heavy (non-hydrogen) atoms. The molecule has 3 aromatic rings. The zero-order valence-corrected chi connectivity index (χ0v) is 19.3. The number of anilines is 1. The van der Waals surface area contributed by atoms with Crippen LogP contribution in [0.1, 0.15) is 35.2 Å². The molecule has 1 N–H and O–H groups in total. The average Bonchev–Trinajstić information content (AvgIpc) is 3.31. The van der Waals surface area contributed by atoms with Crippen molar-refractivity contribution in [3.05, 3.63) is 71.0 Å². The van der Waals surface area contributed by atoms with Gasteiger partial charge in [0.25, 0.3) is 0 Å². The number of fused-ring (bicyclic) bond motifs is 1. The number of pyridine rings is 1. The number of rotatable bonds is 5. The van der Waals surface area contributed by atoms with Crippen LogP contribution in [0.15, 0.2) is 48.7 Å². The van der Waals surface area contributed by atoms with Crippen LogP contribution in [0.5, 0.6) is 0 Å². The molecule has 2 atom stereocenters. The van der Waals surface area contributed by atoms with Crippen LogP contribution in [-0.4, -0.2) is 39.2 Å². The Morgan fingerprint density at radius 3 is 2.29 bits per heavy atom. The fourth-order valence-corrected chi connectivity index (χ4v) is 5.54. The average molecular weight is 468 g/mol. The van der Waals surface area contributed by atoms with Crippen molar-refractivity contribution in [1.82, 2.24) is 20.1 Å². The third kappa shape index (κ3) is 4.92. The van der Waals surface area contributed by atoms with Crippen LogP contribution in [0.4, 0.5) is 19.0 Å². The molecule has 2 fully saturated rings. The van der Waals surface area contributed by atoms with E-state index in [1.807, 2.05) is 50.2 Å². The molecule has 8 heteroatoms. The molecule has 0 bridgehead atoms. The summed E-state index contributed by atoms with van der Waals surface area (Å²) in [5, 5.41) is 11.2. The van der Waals surface area contributed by atoms with E-state index in [1.165, 1.54) is 0 Å². The molecule has 2 unspecified atom stereocenters. The second-order valence-electron chi connectivity index (χ2n) is 9.71. The summed E-state index contributed by atoms with van der Waals surface area (Å²) in [4.78, 5) is 6.80. The highest BCUT2D eigenvalue weighted by molar-refractivity contribution is 5.64. The number of alkyl halides is 3. The Morgan fingerprint density at radius 1 is 0.971 bits per heavy atom. The van der Waals surface area contributed by atoms with E-state index in [4.69, 9.17) is 0 Å². The van der Waals surface area contributed by atoms with Gasteiger partial charge < -0.3 is 5.32 Å². The van der Waals surface area contributed by atoms with Crippen LogP contribution in [0.2, 0.25) is 0 Å². The van der Waals surface area contributed by atoms with Crippen LogP contribution >= 0.6 is 0 Å².